The van der Waals surface area contributed by atoms with Crippen molar-refractivity contribution in [3.8, 4) is 5.69 Å². The van der Waals surface area contributed by atoms with Crippen LogP contribution in [0.2, 0.25) is 0 Å². The lowest BCUT2D eigenvalue weighted by Crippen LogP contribution is -2.13. The highest BCUT2D eigenvalue weighted by Gasteiger charge is 2.19. The van der Waals surface area contributed by atoms with E-state index in [2.05, 4.69) is 20.4 Å². The van der Waals surface area contributed by atoms with Crippen LogP contribution in [0.25, 0.3) is 16.7 Å². The topological polar surface area (TPSA) is 72.7 Å². The molecule has 4 rings (SSSR count). The van der Waals surface area contributed by atoms with Crippen molar-refractivity contribution in [3.05, 3.63) is 77.4 Å². The summed E-state index contributed by atoms with van der Waals surface area (Å²) < 4.78 is 1.79. The van der Waals surface area contributed by atoms with Crippen molar-refractivity contribution in [2.75, 3.05) is 5.32 Å². The second kappa shape index (κ2) is 6.64. The molecule has 0 radical (unpaired) electrons. The first kappa shape index (κ1) is 16.9. The third-order valence-corrected chi connectivity index (χ3v) is 4.38. The lowest BCUT2D eigenvalue weighted by Gasteiger charge is -2.08. The van der Waals surface area contributed by atoms with Gasteiger partial charge in [-0.2, -0.15) is 5.10 Å². The fourth-order valence-corrected chi connectivity index (χ4v) is 3.09. The number of hydrogen-bond acceptors (Lipinski definition) is 4. The zero-order valence-electron chi connectivity index (χ0n) is 15.4. The van der Waals surface area contributed by atoms with E-state index in [1.807, 2.05) is 45.0 Å². The fraction of sp³-hybridized carbons (Fsp3) is 0.143. The second-order valence-corrected chi connectivity index (χ2v) is 6.54. The Morgan fingerprint density at radius 2 is 1.85 bits per heavy atom. The molecule has 3 aromatic heterocycles. The van der Waals surface area contributed by atoms with Gasteiger partial charge in [-0.1, -0.05) is 17.7 Å². The van der Waals surface area contributed by atoms with Gasteiger partial charge < -0.3 is 5.32 Å². The summed E-state index contributed by atoms with van der Waals surface area (Å²) in [5, 5.41) is 8.29. The lowest BCUT2D eigenvalue weighted by molar-refractivity contribution is 0.102. The number of benzene rings is 1. The molecule has 0 spiro atoms. The van der Waals surface area contributed by atoms with Crippen molar-refractivity contribution in [3.63, 3.8) is 0 Å². The van der Waals surface area contributed by atoms with Crippen LogP contribution >= 0.6 is 0 Å². The Hall–Kier alpha value is -3.54. The van der Waals surface area contributed by atoms with Crippen LogP contribution in [0.1, 0.15) is 27.3 Å². The SMILES string of the molecule is Cc1ccc(-n2nc(C)c3c(C(=O)Nc4cccnc4)cc(C)nc32)cc1. The first-order valence-corrected chi connectivity index (χ1v) is 8.68. The predicted octanol–water partition coefficient (Wildman–Crippen LogP) is 3.99. The Kier molecular flexibility index (Phi) is 4.16. The van der Waals surface area contributed by atoms with Gasteiger partial charge in [-0.3, -0.25) is 9.78 Å². The third-order valence-electron chi connectivity index (χ3n) is 4.38. The van der Waals surface area contributed by atoms with Crippen molar-refractivity contribution in [2.45, 2.75) is 20.8 Å². The average molecular weight is 357 g/mol. The minimum absolute atomic E-state index is 0.204. The van der Waals surface area contributed by atoms with Crippen LogP contribution in [-0.2, 0) is 0 Å². The Balaban J connectivity index is 1.85. The van der Waals surface area contributed by atoms with Crippen LogP contribution in [0.15, 0.2) is 54.9 Å². The predicted molar refractivity (Wildman–Crippen MR) is 105 cm³/mol. The van der Waals surface area contributed by atoms with Gasteiger partial charge in [-0.15, -0.1) is 0 Å². The molecule has 134 valence electrons. The second-order valence-electron chi connectivity index (χ2n) is 6.54. The monoisotopic (exact) mass is 357 g/mol. The van der Waals surface area contributed by atoms with Crippen LogP contribution in [0.5, 0.6) is 0 Å². The highest BCUT2D eigenvalue weighted by Crippen LogP contribution is 2.25. The molecule has 0 saturated heterocycles. The molecule has 4 aromatic rings. The van der Waals surface area contributed by atoms with E-state index >= 15 is 0 Å². The van der Waals surface area contributed by atoms with E-state index in [0.717, 1.165) is 22.5 Å². The zero-order chi connectivity index (χ0) is 19.0. The van der Waals surface area contributed by atoms with E-state index in [4.69, 9.17) is 0 Å². The molecule has 1 aromatic carbocycles. The lowest BCUT2D eigenvalue weighted by atomic mass is 10.1. The molecule has 1 N–H and O–H groups in total. The van der Waals surface area contributed by atoms with Crippen LogP contribution in [0, 0.1) is 20.8 Å². The molecule has 27 heavy (non-hydrogen) atoms. The first-order valence-electron chi connectivity index (χ1n) is 8.68. The summed E-state index contributed by atoms with van der Waals surface area (Å²) in [4.78, 5) is 21.6. The number of aryl methyl sites for hydroxylation is 3. The third kappa shape index (κ3) is 3.17. The first-order chi connectivity index (χ1) is 13.0. The van der Waals surface area contributed by atoms with Gasteiger partial charge in [0.2, 0.25) is 0 Å². The highest BCUT2D eigenvalue weighted by molar-refractivity contribution is 6.12. The molecule has 0 saturated carbocycles. The Morgan fingerprint density at radius 3 is 2.56 bits per heavy atom. The Morgan fingerprint density at radius 1 is 1.07 bits per heavy atom. The molecule has 1 amide bonds. The largest absolute Gasteiger partial charge is 0.321 e. The van der Waals surface area contributed by atoms with E-state index in [0.29, 0.717) is 16.9 Å². The van der Waals surface area contributed by atoms with Crippen LogP contribution in [0.4, 0.5) is 5.69 Å². The van der Waals surface area contributed by atoms with Crippen LogP contribution in [-0.4, -0.2) is 25.7 Å². The molecule has 0 bridgehead atoms. The zero-order valence-corrected chi connectivity index (χ0v) is 15.4. The number of pyridine rings is 2. The molecule has 0 unspecified atom stereocenters. The quantitative estimate of drug-likeness (QED) is 0.602. The number of fused-ring (bicyclic) bond motifs is 1. The number of rotatable bonds is 3. The van der Waals surface area contributed by atoms with Crippen molar-refractivity contribution < 1.29 is 4.79 Å². The maximum absolute atomic E-state index is 12.9. The maximum atomic E-state index is 12.9. The van der Waals surface area contributed by atoms with E-state index in [1.165, 1.54) is 5.56 Å². The Bertz CT molecular complexity index is 1130. The average Bonchev–Trinajstić information content (AvgIpc) is 2.99. The van der Waals surface area contributed by atoms with Gasteiger partial charge in [0.25, 0.3) is 5.91 Å². The molecular weight excluding hydrogens is 338 g/mol. The van der Waals surface area contributed by atoms with Crippen molar-refractivity contribution in [1.82, 2.24) is 19.7 Å². The van der Waals surface area contributed by atoms with Crippen molar-refractivity contribution in [1.29, 1.82) is 0 Å². The molecule has 0 atom stereocenters. The normalized spacial score (nSPS) is 10.9. The molecule has 6 heteroatoms. The number of aromatic nitrogens is 4. The van der Waals surface area contributed by atoms with Gasteiger partial charge in [-0.05, 0) is 51.1 Å². The summed E-state index contributed by atoms with van der Waals surface area (Å²) in [6, 6.07) is 13.4. The number of hydrogen-bond donors (Lipinski definition) is 1. The minimum Gasteiger partial charge on any atom is -0.321 e. The number of amides is 1. The maximum Gasteiger partial charge on any atom is 0.256 e. The Labute approximate surface area is 156 Å². The van der Waals surface area contributed by atoms with Gasteiger partial charge >= 0.3 is 0 Å². The molecule has 0 aliphatic carbocycles. The van der Waals surface area contributed by atoms with Crippen LogP contribution in [0.3, 0.4) is 0 Å². The summed E-state index contributed by atoms with van der Waals surface area (Å²) >= 11 is 0. The smallest absolute Gasteiger partial charge is 0.256 e. The fourth-order valence-electron chi connectivity index (χ4n) is 3.09. The van der Waals surface area contributed by atoms with E-state index in [9.17, 15) is 4.79 Å². The van der Waals surface area contributed by atoms with Gasteiger partial charge in [-0.25, -0.2) is 9.67 Å². The molecule has 3 heterocycles. The number of carbonyl (C=O) groups is 1. The van der Waals surface area contributed by atoms with Crippen LogP contribution < -0.4 is 5.32 Å². The van der Waals surface area contributed by atoms with Gasteiger partial charge in [0.1, 0.15) is 0 Å². The molecule has 0 fully saturated rings. The van der Waals surface area contributed by atoms with E-state index in [-0.39, 0.29) is 5.91 Å². The summed E-state index contributed by atoms with van der Waals surface area (Å²) in [5.41, 5.74) is 5.48. The molecule has 0 aliphatic heterocycles. The van der Waals surface area contributed by atoms with Gasteiger partial charge in [0, 0.05) is 11.9 Å². The minimum atomic E-state index is -0.204. The van der Waals surface area contributed by atoms with Gasteiger partial charge in [0.05, 0.1) is 34.2 Å². The van der Waals surface area contributed by atoms with Crippen molar-refractivity contribution >= 4 is 22.6 Å². The number of carbonyl (C=O) groups excluding carboxylic acids is 1. The summed E-state index contributed by atoms with van der Waals surface area (Å²) in [5.74, 6) is -0.204. The van der Waals surface area contributed by atoms with Crippen molar-refractivity contribution in [2.24, 2.45) is 0 Å². The highest BCUT2D eigenvalue weighted by atomic mass is 16.1. The van der Waals surface area contributed by atoms with Gasteiger partial charge in [0.15, 0.2) is 5.65 Å². The summed E-state index contributed by atoms with van der Waals surface area (Å²) in [6.45, 7) is 5.81. The number of anilines is 1. The molecule has 6 nitrogen and oxygen atoms in total. The standard InChI is InChI=1S/C21H19N5O/c1-13-6-8-17(9-7-13)26-20-19(15(3)25-26)18(11-14(2)23-20)21(27)24-16-5-4-10-22-12-16/h4-12H,1-3H3,(H,24,27). The summed E-state index contributed by atoms with van der Waals surface area (Å²) in [6.07, 6.45) is 3.28. The van der Waals surface area contributed by atoms with E-state index in [1.54, 1.807) is 35.3 Å². The molecular formula is C21H19N5O. The van der Waals surface area contributed by atoms with E-state index < -0.39 is 0 Å². The number of nitrogens with zero attached hydrogens (tertiary/aromatic N) is 4. The molecule has 0 aliphatic rings. The number of nitrogens with one attached hydrogen (secondary N) is 1. The summed E-state index contributed by atoms with van der Waals surface area (Å²) in [7, 11) is 0.